The first-order valence-corrected chi connectivity index (χ1v) is 8.38. The predicted octanol–water partition coefficient (Wildman–Crippen LogP) is 3.13. The molecular formula is C15H26BrN3O. The number of rotatable bonds is 9. The minimum atomic E-state index is 0.493. The summed E-state index contributed by atoms with van der Waals surface area (Å²) in [5, 5.41) is 8.26. The number of hydrogen-bond acceptors (Lipinski definition) is 3. The van der Waals surface area contributed by atoms with E-state index in [9.17, 15) is 0 Å². The maximum atomic E-state index is 5.21. The highest BCUT2D eigenvalue weighted by Crippen LogP contribution is 2.48. The van der Waals surface area contributed by atoms with E-state index in [2.05, 4.69) is 44.9 Å². The minimum Gasteiger partial charge on any atom is -0.385 e. The van der Waals surface area contributed by atoms with Crippen LogP contribution in [0.3, 0.4) is 0 Å². The lowest BCUT2D eigenvalue weighted by Crippen LogP contribution is -2.26. The van der Waals surface area contributed by atoms with Gasteiger partial charge in [0.2, 0.25) is 0 Å². The molecule has 0 aromatic carbocycles. The molecule has 1 aromatic rings. The first-order chi connectivity index (χ1) is 9.65. The Balaban J connectivity index is 1.89. The quantitative estimate of drug-likeness (QED) is 0.748. The molecule has 0 atom stereocenters. The SMILES string of the molecule is CCc1nn(CC)c(CNCC2(CCOC)CC2)c1Br. The van der Waals surface area contributed by atoms with Gasteiger partial charge in [-0.1, -0.05) is 6.92 Å². The molecular weight excluding hydrogens is 318 g/mol. The predicted molar refractivity (Wildman–Crippen MR) is 84.8 cm³/mol. The smallest absolute Gasteiger partial charge is 0.0767 e. The Bertz CT molecular complexity index is 441. The van der Waals surface area contributed by atoms with Crippen molar-refractivity contribution in [2.75, 3.05) is 20.3 Å². The van der Waals surface area contributed by atoms with Crippen molar-refractivity contribution in [3.05, 3.63) is 15.9 Å². The van der Waals surface area contributed by atoms with Crippen molar-refractivity contribution < 1.29 is 4.74 Å². The highest BCUT2D eigenvalue weighted by atomic mass is 79.9. The molecule has 20 heavy (non-hydrogen) atoms. The van der Waals surface area contributed by atoms with E-state index in [0.29, 0.717) is 5.41 Å². The van der Waals surface area contributed by atoms with Crippen molar-refractivity contribution in [1.82, 2.24) is 15.1 Å². The third-order valence-corrected chi connectivity index (χ3v) is 5.20. The van der Waals surface area contributed by atoms with Crippen LogP contribution in [0.15, 0.2) is 4.47 Å². The molecule has 1 fully saturated rings. The number of ether oxygens (including phenoxy) is 1. The summed E-state index contributed by atoms with van der Waals surface area (Å²) in [6, 6.07) is 0. The van der Waals surface area contributed by atoms with Crippen LogP contribution in [0, 0.1) is 5.41 Å². The van der Waals surface area contributed by atoms with Crippen LogP contribution in [-0.4, -0.2) is 30.0 Å². The molecule has 0 unspecified atom stereocenters. The summed E-state index contributed by atoms with van der Waals surface area (Å²) in [5.41, 5.74) is 2.92. The standard InChI is InChI=1S/C15H26BrN3O/c1-4-12-14(16)13(19(5-2)18-12)10-17-11-15(6-7-15)8-9-20-3/h17H,4-11H2,1-3H3. The molecule has 1 saturated carbocycles. The van der Waals surface area contributed by atoms with E-state index in [-0.39, 0.29) is 0 Å². The Kier molecular flexibility index (Phi) is 5.64. The van der Waals surface area contributed by atoms with Gasteiger partial charge < -0.3 is 10.1 Å². The maximum absolute atomic E-state index is 5.21. The third-order valence-electron chi connectivity index (χ3n) is 4.28. The molecule has 1 aromatic heterocycles. The van der Waals surface area contributed by atoms with Gasteiger partial charge in [-0.05, 0) is 54.0 Å². The highest BCUT2D eigenvalue weighted by Gasteiger charge is 2.41. The molecule has 1 aliphatic carbocycles. The summed E-state index contributed by atoms with van der Waals surface area (Å²) >= 11 is 3.70. The summed E-state index contributed by atoms with van der Waals surface area (Å²) in [6.07, 6.45) is 4.80. The summed E-state index contributed by atoms with van der Waals surface area (Å²) < 4.78 is 8.49. The summed E-state index contributed by atoms with van der Waals surface area (Å²) in [4.78, 5) is 0. The van der Waals surface area contributed by atoms with Crippen LogP contribution in [0.4, 0.5) is 0 Å². The number of nitrogens with zero attached hydrogens (tertiary/aromatic N) is 2. The van der Waals surface area contributed by atoms with Crippen molar-refractivity contribution in [1.29, 1.82) is 0 Å². The van der Waals surface area contributed by atoms with Gasteiger partial charge in [-0.25, -0.2) is 0 Å². The van der Waals surface area contributed by atoms with Crippen LogP contribution in [0.5, 0.6) is 0 Å². The van der Waals surface area contributed by atoms with Gasteiger partial charge in [0.05, 0.1) is 15.9 Å². The number of hydrogen-bond donors (Lipinski definition) is 1. The summed E-state index contributed by atoms with van der Waals surface area (Å²) in [5.74, 6) is 0. The fraction of sp³-hybridized carbons (Fsp3) is 0.800. The lowest BCUT2D eigenvalue weighted by Gasteiger charge is -2.16. The fourth-order valence-electron chi connectivity index (χ4n) is 2.64. The molecule has 0 spiro atoms. The molecule has 0 bridgehead atoms. The van der Waals surface area contributed by atoms with Crippen LogP contribution in [0.25, 0.3) is 0 Å². The second kappa shape index (κ2) is 7.05. The molecule has 0 amide bonds. The molecule has 0 saturated heterocycles. The molecule has 114 valence electrons. The highest BCUT2D eigenvalue weighted by molar-refractivity contribution is 9.10. The Morgan fingerprint density at radius 1 is 1.40 bits per heavy atom. The fourth-order valence-corrected chi connectivity index (χ4v) is 3.35. The summed E-state index contributed by atoms with van der Waals surface area (Å²) in [6.45, 7) is 8.05. The Morgan fingerprint density at radius 3 is 2.70 bits per heavy atom. The molecule has 4 nitrogen and oxygen atoms in total. The van der Waals surface area contributed by atoms with Gasteiger partial charge in [0.25, 0.3) is 0 Å². The third kappa shape index (κ3) is 3.62. The van der Waals surface area contributed by atoms with E-state index in [1.54, 1.807) is 7.11 Å². The normalized spacial score (nSPS) is 16.6. The van der Waals surface area contributed by atoms with Crippen LogP contribution in [0.1, 0.15) is 44.5 Å². The van der Waals surface area contributed by atoms with Gasteiger partial charge in [0, 0.05) is 33.4 Å². The van der Waals surface area contributed by atoms with Crippen molar-refractivity contribution >= 4 is 15.9 Å². The minimum absolute atomic E-state index is 0.493. The van der Waals surface area contributed by atoms with Gasteiger partial charge in [-0.15, -0.1) is 0 Å². The van der Waals surface area contributed by atoms with Gasteiger partial charge in [0.1, 0.15) is 0 Å². The van der Waals surface area contributed by atoms with Crippen LogP contribution < -0.4 is 5.32 Å². The zero-order valence-corrected chi connectivity index (χ0v) is 14.4. The second-order valence-corrected chi connectivity index (χ2v) is 6.52. The number of aryl methyl sites for hydroxylation is 2. The van der Waals surface area contributed by atoms with E-state index in [1.165, 1.54) is 29.4 Å². The first kappa shape index (κ1) is 16.0. The largest absolute Gasteiger partial charge is 0.385 e. The van der Waals surface area contributed by atoms with Crippen molar-refractivity contribution in [3.8, 4) is 0 Å². The number of nitrogens with one attached hydrogen (secondary N) is 1. The van der Waals surface area contributed by atoms with E-state index >= 15 is 0 Å². The van der Waals surface area contributed by atoms with Crippen molar-refractivity contribution in [3.63, 3.8) is 0 Å². The monoisotopic (exact) mass is 343 g/mol. The lowest BCUT2D eigenvalue weighted by molar-refractivity contribution is 0.171. The van der Waals surface area contributed by atoms with E-state index in [4.69, 9.17) is 4.74 Å². The Labute approximate surface area is 130 Å². The average Bonchev–Trinajstić information content (AvgIpc) is 3.16. The Hall–Kier alpha value is -0.390. The van der Waals surface area contributed by atoms with Crippen molar-refractivity contribution in [2.24, 2.45) is 5.41 Å². The van der Waals surface area contributed by atoms with Gasteiger partial charge >= 0.3 is 0 Å². The molecule has 1 aliphatic rings. The first-order valence-electron chi connectivity index (χ1n) is 7.59. The van der Waals surface area contributed by atoms with Crippen LogP contribution in [-0.2, 0) is 24.2 Å². The van der Waals surface area contributed by atoms with Crippen molar-refractivity contribution in [2.45, 2.75) is 52.6 Å². The number of aromatic nitrogens is 2. The number of methoxy groups -OCH3 is 1. The summed E-state index contributed by atoms with van der Waals surface area (Å²) in [7, 11) is 1.78. The maximum Gasteiger partial charge on any atom is 0.0767 e. The van der Waals surface area contributed by atoms with E-state index in [0.717, 1.165) is 38.4 Å². The lowest BCUT2D eigenvalue weighted by atomic mass is 10.0. The molecule has 0 aliphatic heterocycles. The Morgan fingerprint density at radius 2 is 2.15 bits per heavy atom. The molecule has 2 rings (SSSR count). The zero-order chi connectivity index (χ0) is 14.6. The second-order valence-electron chi connectivity index (χ2n) is 5.72. The van der Waals surface area contributed by atoms with Gasteiger partial charge in [0.15, 0.2) is 0 Å². The van der Waals surface area contributed by atoms with Crippen LogP contribution in [0.2, 0.25) is 0 Å². The topological polar surface area (TPSA) is 39.1 Å². The molecule has 1 heterocycles. The van der Waals surface area contributed by atoms with Crippen LogP contribution >= 0.6 is 15.9 Å². The van der Waals surface area contributed by atoms with Gasteiger partial charge in [-0.2, -0.15) is 5.10 Å². The zero-order valence-electron chi connectivity index (χ0n) is 12.8. The van der Waals surface area contributed by atoms with Gasteiger partial charge in [-0.3, -0.25) is 4.68 Å². The van der Waals surface area contributed by atoms with E-state index < -0.39 is 0 Å². The molecule has 5 heteroatoms. The molecule has 1 N–H and O–H groups in total. The average molecular weight is 344 g/mol. The van der Waals surface area contributed by atoms with E-state index in [1.807, 2.05) is 0 Å². The number of halogens is 1. The molecule has 0 radical (unpaired) electrons.